The average Bonchev–Trinajstić information content (AvgIpc) is 3.18. The zero-order valence-electron chi connectivity index (χ0n) is 16.1. The molecule has 0 unspecified atom stereocenters. The Labute approximate surface area is 169 Å². The second kappa shape index (κ2) is 8.59. The molecule has 3 aromatic rings. The summed E-state index contributed by atoms with van der Waals surface area (Å²) in [6, 6.07) is 21.9. The molecule has 29 heavy (non-hydrogen) atoms. The molecule has 0 atom stereocenters. The summed E-state index contributed by atoms with van der Waals surface area (Å²) < 4.78 is 1.60. The number of hydrogen-bond acceptors (Lipinski definition) is 4. The fourth-order valence-electron chi connectivity index (χ4n) is 3.62. The van der Waals surface area contributed by atoms with Crippen LogP contribution in [0.15, 0.2) is 66.9 Å². The van der Waals surface area contributed by atoms with Crippen LogP contribution in [0.5, 0.6) is 0 Å². The van der Waals surface area contributed by atoms with E-state index in [0.717, 1.165) is 31.9 Å². The van der Waals surface area contributed by atoms with Crippen molar-refractivity contribution in [3.8, 4) is 11.8 Å². The van der Waals surface area contributed by atoms with E-state index in [-0.39, 0.29) is 5.91 Å². The SMILES string of the molecule is N#Cc1cnn(-c2ccccc2)c1NC(=O)C[NH+]1CCN(c2ccccc2)CC1. The molecule has 2 N–H and O–H groups in total. The average molecular weight is 387 g/mol. The third-order valence-corrected chi connectivity index (χ3v) is 5.15. The molecule has 0 spiro atoms. The van der Waals surface area contributed by atoms with E-state index in [0.29, 0.717) is 17.9 Å². The molecular weight excluding hydrogens is 364 g/mol. The van der Waals surface area contributed by atoms with Gasteiger partial charge in [-0.3, -0.25) is 4.79 Å². The Kier molecular flexibility index (Phi) is 5.54. The van der Waals surface area contributed by atoms with E-state index in [2.05, 4.69) is 33.5 Å². The molecule has 7 heteroatoms. The van der Waals surface area contributed by atoms with Gasteiger partial charge in [0.1, 0.15) is 11.6 Å². The molecule has 0 aliphatic carbocycles. The number of nitrogens with zero attached hydrogens (tertiary/aromatic N) is 4. The van der Waals surface area contributed by atoms with Gasteiger partial charge in [-0.15, -0.1) is 0 Å². The smallest absolute Gasteiger partial charge is 0.280 e. The van der Waals surface area contributed by atoms with Gasteiger partial charge in [0.25, 0.3) is 5.91 Å². The molecule has 146 valence electrons. The summed E-state index contributed by atoms with van der Waals surface area (Å²) in [5.74, 6) is 0.313. The number of quaternary nitrogens is 1. The predicted molar refractivity (Wildman–Crippen MR) is 111 cm³/mol. The van der Waals surface area contributed by atoms with Crippen LogP contribution in [0.1, 0.15) is 5.56 Å². The molecule has 1 aromatic heterocycles. The van der Waals surface area contributed by atoms with Gasteiger partial charge in [-0.1, -0.05) is 36.4 Å². The van der Waals surface area contributed by atoms with Crippen molar-refractivity contribution in [2.75, 3.05) is 42.9 Å². The summed E-state index contributed by atoms with van der Waals surface area (Å²) in [6.07, 6.45) is 1.48. The van der Waals surface area contributed by atoms with Gasteiger partial charge in [0.2, 0.25) is 0 Å². The Hall–Kier alpha value is -3.63. The van der Waals surface area contributed by atoms with E-state index >= 15 is 0 Å². The van der Waals surface area contributed by atoms with Crippen LogP contribution in [0.3, 0.4) is 0 Å². The lowest BCUT2D eigenvalue weighted by molar-refractivity contribution is -0.892. The lowest BCUT2D eigenvalue weighted by Crippen LogP contribution is -3.15. The van der Waals surface area contributed by atoms with Crippen LogP contribution < -0.4 is 15.1 Å². The van der Waals surface area contributed by atoms with Crippen LogP contribution in [-0.2, 0) is 4.79 Å². The monoisotopic (exact) mass is 387 g/mol. The lowest BCUT2D eigenvalue weighted by Gasteiger charge is -2.33. The van der Waals surface area contributed by atoms with Crippen LogP contribution in [-0.4, -0.2) is 48.4 Å². The van der Waals surface area contributed by atoms with Crippen molar-refractivity contribution in [1.82, 2.24) is 9.78 Å². The Morgan fingerprint density at radius 1 is 1.03 bits per heavy atom. The summed E-state index contributed by atoms with van der Waals surface area (Å²) in [5, 5.41) is 16.6. The number of amides is 1. The number of benzene rings is 2. The molecule has 2 heterocycles. The first-order valence-corrected chi connectivity index (χ1v) is 9.71. The fraction of sp³-hybridized carbons (Fsp3) is 0.227. The van der Waals surface area contributed by atoms with Crippen LogP contribution in [0.25, 0.3) is 5.69 Å². The number of hydrogen-bond donors (Lipinski definition) is 2. The highest BCUT2D eigenvalue weighted by Gasteiger charge is 2.23. The molecule has 0 saturated carbocycles. The van der Waals surface area contributed by atoms with Crippen molar-refractivity contribution in [2.24, 2.45) is 0 Å². The number of anilines is 2. The van der Waals surface area contributed by atoms with Gasteiger partial charge in [0, 0.05) is 5.69 Å². The summed E-state index contributed by atoms with van der Waals surface area (Å²) in [6.45, 7) is 3.99. The summed E-state index contributed by atoms with van der Waals surface area (Å²) >= 11 is 0. The van der Waals surface area contributed by atoms with E-state index in [1.165, 1.54) is 16.8 Å². The van der Waals surface area contributed by atoms with E-state index < -0.39 is 0 Å². The summed E-state index contributed by atoms with van der Waals surface area (Å²) in [7, 11) is 0. The Balaban J connectivity index is 1.39. The molecule has 0 radical (unpaired) electrons. The van der Waals surface area contributed by atoms with Gasteiger partial charge in [0.05, 0.1) is 38.1 Å². The molecule has 1 amide bonds. The molecule has 1 aliphatic heterocycles. The van der Waals surface area contributed by atoms with Crippen LogP contribution in [0.2, 0.25) is 0 Å². The first kappa shape index (κ1) is 18.7. The van der Waals surface area contributed by atoms with E-state index in [4.69, 9.17) is 0 Å². The van der Waals surface area contributed by atoms with Crippen molar-refractivity contribution >= 4 is 17.4 Å². The standard InChI is InChI=1S/C22H22N6O/c23-15-18-16-24-28(20-9-5-2-6-10-20)22(18)25-21(29)17-26-11-13-27(14-12-26)19-7-3-1-4-8-19/h1-10,16H,11-14,17H2,(H,25,29)/p+1. The van der Waals surface area contributed by atoms with Crippen molar-refractivity contribution in [3.63, 3.8) is 0 Å². The lowest BCUT2D eigenvalue weighted by atomic mass is 10.2. The van der Waals surface area contributed by atoms with Crippen LogP contribution in [0.4, 0.5) is 11.5 Å². The Morgan fingerprint density at radius 3 is 2.28 bits per heavy atom. The minimum absolute atomic E-state index is 0.109. The number of para-hydroxylation sites is 2. The molecule has 2 aromatic carbocycles. The quantitative estimate of drug-likeness (QED) is 0.687. The second-order valence-electron chi connectivity index (χ2n) is 7.06. The van der Waals surface area contributed by atoms with E-state index in [9.17, 15) is 10.1 Å². The minimum Gasteiger partial charge on any atom is -0.360 e. The third kappa shape index (κ3) is 4.28. The van der Waals surface area contributed by atoms with Crippen LogP contribution >= 0.6 is 0 Å². The highest BCUT2D eigenvalue weighted by Crippen LogP contribution is 2.19. The first-order valence-electron chi connectivity index (χ1n) is 9.71. The second-order valence-corrected chi connectivity index (χ2v) is 7.06. The topological polar surface area (TPSA) is 78.4 Å². The maximum Gasteiger partial charge on any atom is 0.280 e. The van der Waals surface area contributed by atoms with Crippen molar-refractivity contribution in [2.45, 2.75) is 0 Å². The number of carbonyl (C=O) groups is 1. The number of nitrogens with one attached hydrogen (secondary N) is 2. The first-order chi connectivity index (χ1) is 14.2. The Bertz CT molecular complexity index is 1000. The highest BCUT2D eigenvalue weighted by atomic mass is 16.2. The maximum absolute atomic E-state index is 12.7. The fourth-order valence-corrected chi connectivity index (χ4v) is 3.62. The van der Waals surface area contributed by atoms with Gasteiger partial charge < -0.3 is 15.1 Å². The van der Waals surface area contributed by atoms with E-state index in [1.54, 1.807) is 4.68 Å². The zero-order chi connectivity index (χ0) is 20.1. The van der Waals surface area contributed by atoms with Crippen molar-refractivity contribution in [3.05, 3.63) is 72.4 Å². The number of nitriles is 1. The number of aromatic nitrogens is 2. The zero-order valence-corrected chi connectivity index (χ0v) is 16.1. The maximum atomic E-state index is 12.7. The Morgan fingerprint density at radius 2 is 1.66 bits per heavy atom. The summed E-state index contributed by atoms with van der Waals surface area (Å²) in [5.41, 5.74) is 2.38. The minimum atomic E-state index is -0.109. The number of carbonyl (C=O) groups excluding carboxylic acids is 1. The molecule has 7 nitrogen and oxygen atoms in total. The molecule has 1 fully saturated rings. The molecule has 1 saturated heterocycles. The number of rotatable bonds is 5. The summed E-state index contributed by atoms with van der Waals surface area (Å²) in [4.78, 5) is 16.3. The van der Waals surface area contributed by atoms with Crippen molar-refractivity contribution in [1.29, 1.82) is 5.26 Å². The highest BCUT2D eigenvalue weighted by molar-refractivity contribution is 5.92. The van der Waals surface area contributed by atoms with Gasteiger partial charge in [-0.2, -0.15) is 10.4 Å². The van der Waals surface area contributed by atoms with Gasteiger partial charge in [-0.25, -0.2) is 4.68 Å². The molecular formula is C22H23N6O+. The van der Waals surface area contributed by atoms with Gasteiger partial charge >= 0.3 is 0 Å². The largest absolute Gasteiger partial charge is 0.360 e. The van der Waals surface area contributed by atoms with Crippen molar-refractivity contribution < 1.29 is 9.69 Å². The molecule has 1 aliphatic rings. The van der Waals surface area contributed by atoms with Gasteiger partial charge in [0.15, 0.2) is 12.4 Å². The predicted octanol–water partition coefficient (Wildman–Crippen LogP) is 1.09. The normalized spacial score (nSPS) is 14.4. The van der Waals surface area contributed by atoms with Crippen LogP contribution in [0, 0.1) is 11.3 Å². The number of piperazine rings is 1. The van der Waals surface area contributed by atoms with E-state index in [1.807, 2.05) is 48.5 Å². The molecule has 4 rings (SSSR count). The molecule has 0 bridgehead atoms. The third-order valence-electron chi connectivity index (χ3n) is 5.15. The van der Waals surface area contributed by atoms with Gasteiger partial charge in [-0.05, 0) is 24.3 Å².